The maximum absolute atomic E-state index is 4.70. The molecule has 6 heteroatoms. The van der Waals surface area contributed by atoms with E-state index in [1.807, 2.05) is 23.1 Å². The molecule has 1 aromatic heterocycles. The Morgan fingerprint density at radius 3 is 2.44 bits per heavy atom. The van der Waals surface area contributed by atoms with E-state index < -0.39 is 0 Å². The molecule has 0 saturated carbocycles. The number of rotatable bonds is 11. The zero-order valence-corrected chi connectivity index (χ0v) is 17.0. The van der Waals surface area contributed by atoms with Gasteiger partial charge in [-0.2, -0.15) is 5.10 Å². The van der Waals surface area contributed by atoms with Gasteiger partial charge in [-0.3, -0.25) is 9.58 Å². The molecule has 2 aromatic rings. The number of aryl methyl sites for hydroxylation is 1. The van der Waals surface area contributed by atoms with Gasteiger partial charge in [-0.1, -0.05) is 38.1 Å². The maximum atomic E-state index is 4.70. The van der Waals surface area contributed by atoms with Crippen LogP contribution in [0.2, 0.25) is 0 Å². The summed E-state index contributed by atoms with van der Waals surface area (Å²) in [6.45, 7) is 13.0. The predicted octanol–water partition coefficient (Wildman–Crippen LogP) is 2.87. The highest BCUT2D eigenvalue weighted by Crippen LogP contribution is 2.08. The number of nitrogens with one attached hydrogen (secondary N) is 2. The Kier molecular flexibility index (Phi) is 9.41. The second kappa shape index (κ2) is 12.1. The number of nitrogens with zero attached hydrogens (tertiary/aromatic N) is 4. The van der Waals surface area contributed by atoms with Gasteiger partial charge in [0.05, 0.1) is 6.54 Å². The van der Waals surface area contributed by atoms with E-state index >= 15 is 0 Å². The minimum Gasteiger partial charge on any atom is -0.357 e. The topological polar surface area (TPSA) is 57.5 Å². The Balaban J connectivity index is 1.80. The molecule has 0 amide bonds. The lowest BCUT2D eigenvalue weighted by Crippen LogP contribution is -2.38. The molecule has 6 nitrogen and oxygen atoms in total. The van der Waals surface area contributed by atoms with Crippen LogP contribution in [-0.4, -0.2) is 46.8 Å². The molecule has 0 aliphatic carbocycles. The summed E-state index contributed by atoms with van der Waals surface area (Å²) >= 11 is 0. The van der Waals surface area contributed by atoms with Crippen molar-refractivity contribution >= 4 is 5.96 Å². The normalized spacial score (nSPS) is 11.8. The third kappa shape index (κ3) is 7.83. The smallest absolute Gasteiger partial charge is 0.191 e. The van der Waals surface area contributed by atoms with E-state index in [1.54, 1.807) is 0 Å². The highest BCUT2D eigenvalue weighted by Gasteiger charge is 2.02. The summed E-state index contributed by atoms with van der Waals surface area (Å²) in [6.07, 6.45) is 4.81. The standard InChI is InChI=1S/C21H34N6/c1-4-22-21(23-13-7-15-27-16-8-14-25-27)24-17-19-9-11-20(12-10-19)18-26(5-2)6-3/h8-12,14,16H,4-7,13,15,17-18H2,1-3H3,(H2,22,23,24). The third-order valence-electron chi connectivity index (χ3n) is 4.50. The fraction of sp³-hybridized carbons (Fsp3) is 0.524. The first-order valence-electron chi connectivity index (χ1n) is 10.0. The van der Waals surface area contributed by atoms with Gasteiger partial charge in [0.15, 0.2) is 5.96 Å². The van der Waals surface area contributed by atoms with Gasteiger partial charge in [0.25, 0.3) is 0 Å². The second-order valence-electron chi connectivity index (χ2n) is 6.52. The van der Waals surface area contributed by atoms with Crippen molar-refractivity contribution in [3.63, 3.8) is 0 Å². The monoisotopic (exact) mass is 370 g/mol. The SMILES string of the molecule is CCNC(=NCc1ccc(CN(CC)CC)cc1)NCCCn1cccn1. The van der Waals surface area contributed by atoms with Gasteiger partial charge < -0.3 is 10.6 Å². The first kappa shape index (κ1) is 21.0. The molecule has 27 heavy (non-hydrogen) atoms. The van der Waals surface area contributed by atoms with Crippen LogP contribution in [0.25, 0.3) is 0 Å². The second-order valence-corrected chi connectivity index (χ2v) is 6.52. The van der Waals surface area contributed by atoms with Gasteiger partial charge in [0.2, 0.25) is 0 Å². The van der Waals surface area contributed by atoms with E-state index in [1.165, 1.54) is 11.1 Å². The van der Waals surface area contributed by atoms with Crippen LogP contribution in [0.4, 0.5) is 0 Å². The Hall–Kier alpha value is -2.34. The van der Waals surface area contributed by atoms with Crippen LogP contribution in [0.5, 0.6) is 0 Å². The van der Waals surface area contributed by atoms with E-state index in [0.717, 1.165) is 51.6 Å². The number of hydrogen-bond donors (Lipinski definition) is 2. The van der Waals surface area contributed by atoms with E-state index in [-0.39, 0.29) is 0 Å². The fourth-order valence-corrected chi connectivity index (χ4v) is 2.85. The molecule has 2 N–H and O–H groups in total. The highest BCUT2D eigenvalue weighted by atomic mass is 15.3. The Bertz CT molecular complexity index is 644. The summed E-state index contributed by atoms with van der Waals surface area (Å²) < 4.78 is 1.95. The van der Waals surface area contributed by atoms with Crippen molar-refractivity contribution in [2.24, 2.45) is 4.99 Å². The zero-order valence-electron chi connectivity index (χ0n) is 17.0. The molecule has 0 aliphatic heterocycles. The maximum Gasteiger partial charge on any atom is 0.191 e. The van der Waals surface area contributed by atoms with Crippen LogP contribution in [-0.2, 0) is 19.6 Å². The molecule has 0 aliphatic rings. The van der Waals surface area contributed by atoms with Crippen LogP contribution >= 0.6 is 0 Å². The Morgan fingerprint density at radius 2 is 1.81 bits per heavy atom. The summed E-state index contributed by atoms with van der Waals surface area (Å²) in [7, 11) is 0. The summed E-state index contributed by atoms with van der Waals surface area (Å²) in [5, 5.41) is 10.9. The average Bonchev–Trinajstić information content (AvgIpc) is 3.22. The third-order valence-corrected chi connectivity index (χ3v) is 4.50. The molecular formula is C21H34N6. The number of aliphatic imine (C=N–C) groups is 1. The van der Waals surface area contributed by atoms with Crippen molar-refractivity contribution in [2.45, 2.75) is 46.8 Å². The summed E-state index contributed by atoms with van der Waals surface area (Å²) in [5.74, 6) is 0.866. The van der Waals surface area contributed by atoms with Crippen molar-refractivity contribution in [2.75, 3.05) is 26.2 Å². The van der Waals surface area contributed by atoms with Crippen LogP contribution < -0.4 is 10.6 Å². The largest absolute Gasteiger partial charge is 0.357 e. The molecule has 0 bridgehead atoms. The van der Waals surface area contributed by atoms with Crippen LogP contribution in [0.1, 0.15) is 38.3 Å². The molecule has 0 unspecified atom stereocenters. The number of hydrogen-bond acceptors (Lipinski definition) is 3. The van der Waals surface area contributed by atoms with Gasteiger partial charge in [-0.05, 0) is 43.6 Å². The predicted molar refractivity (Wildman–Crippen MR) is 113 cm³/mol. The summed E-state index contributed by atoms with van der Waals surface area (Å²) in [4.78, 5) is 7.12. The lowest BCUT2D eigenvalue weighted by atomic mass is 10.1. The minimum atomic E-state index is 0.681. The van der Waals surface area contributed by atoms with Crippen LogP contribution in [0.3, 0.4) is 0 Å². The highest BCUT2D eigenvalue weighted by molar-refractivity contribution is 5.79. The average molecular weight is 371 g/mol. The summed E-state index contributed by atoms with van der Waals surface area (Å²) in [5.41, 5.74) is 2.59. The molecule has 0 saturated heterocycles. The zero-order chi connectivity index (χ0) is 19.3. The Labute approximate surface area is 163 Å². The van der Waals surface area contributed by atoms with E-state index in [9.17, 15) is 0 Å². The number of guanidine groups is 1. The minimum absolute atomic E-state index is 0.681. The van der Waals surface area contributed by atoms with E-state index in [0.29, 0.717) is 6.54 Å². The van der Waals surface area contributed by atoms with Gasteiger partial charge >= 0.3 is 0 Å². The van der Waals surface area contributed by atoms with Crippen LogP contribution in [0, 0.1) is 0 Å². The quantitative estimate of drug-likeness (QED) is 0.363. The lowest BCUT2D eigenvalue weighted by molar-refractivity contribution is 0.296. The molecule has 2 rings (SSSR count). The van der Waals surface area contributed by atoms with Gasteiger partial charge in [0.1, 0.15) is 0 Å². The molecule has 148 valence electrons. The van der Waals surface area contributed by atoms with Crippen molar-refractivity contribution < 1.29 is 0 Å². The van der Waals surface area contributed by atoms with Gasteiger partial charge in [-0.15, -0.1) is 0 Å². The first-order chi connectivity index (χ1) is 13.2. The fourth-order valence-electron chi connectivity index (χ4n) is 2.85. The van der Waals surface area contributed by atoms with Crippen molar-refractivity contribution in [1.82, 2.24) is 25.3 Å². The van der Waals surface area contributed by atoms with Crippen molar-refractivity contribution in [3.05, 3.63) is 53.9 Å². The molecule has 1 heterocycles. The molecule has 0 atom stereocenters. The molecule has 1 aromatic carbocycles. The van der Waals surface area contributed by atoms with Gasteiger partial charge in [0, 0.05) is 38.6 Å². The molecule has 0 spiro atoms. The molecular weight excluding hydrogens is 336 g/mol. The van der Waals surface area contributed by atoms with E-state index in [2.05, 4.69) is 65.7 Å². The number of aromatic nitrogens is 2. The Morgan fingerprint density at radius 1 is 1.07 bits per heavy atom. The van der Waals surface area contributed by atoms with Gasteiger partial charge in [-0.25, -0.2) is 4.99 Å². The number of benzene rings is 1. The molecule has 0 radical (unpaired) electrons. The summed E-state index contributed by atoms with van der Waals surface area (Å²) in [6, 6.07) is 10.8. The van der Waals surface area contributed by atoms with Crippen molar-refractivity contribution in [1.29, 1.82) is 0 Å². The van der Waals surface area contributed by atoms with E-state index in [4.69, 9.17) is 4.99 Å². The van der Waals surface area contributed by atoms with Crippen LogP contribution in [0.15, 0.2) is 47.7 Å². The molecule has 0 fully saturated rings. The van der Waals surface area contributed by atoms with Crippen molar-refractivity contribution in [3.8, 4) is 0 Å². The first-order valence-corrected chi connectivity index (χ1v) is 10.0. The lowest BCUT2D eigenvalue weighted by Gasteiger charge is -2.18.